The van der Waals surface area contributed by atoms with Crippen LogP contribution in [0.25, 0.3) is 12.2 Å². The molecule has 1 heterocycles. The van der Waals surface area contributed by atoms with Gasteiger partial charge in [-0.1, -0.05) is 0 Å². The third kappa shape index (κ3) is 4.53. The van der Waals surface area contributed by atoms with E-state index in [0.717, 1.165) is 36.0 Å². The van der Waals surface area contributed by atoms with Crippen LogP contribution in [0.4, 0.5) is 0 Å². The Bertz CT molecular complexity index is 830. The third-order valence-electron chi connectivity index (χ3n) is 2.30. The molecule has 0 atom stereocenters. The Labute approximate surface area is 127 Å². The zero-order valence-corrected chi connectivity index (χ0v) is 13.5. The van der Waals surface area contributed by atoms with Crippen molar-refractivity contribution in [2.75, 3.05) is 12.5 Å². The summed E-state index contributed by atoms with van der Waals surface area (Å²) in [4.78, 5) is -0.487. The van der Waals surface area contributed by atoms with Crippen molar-refractivity contribution >= 4 is 43.2 Å². The summed E-state index contributed by atoms with van der Waals surface area (Å²) in [5.74, 6) is 0. The van der Waals surface area contributed by atoms with E-state index in [1.54, 1.807) is 17.5 Å². The van der Waals surface area contributed by atoms with E-state index >= 15 is 0 Å². The molecule has 0 spiro atoms. The highest BCUT2D eigenvalue weighted by Gasteiger charge is 2.14. The Morgan fingerprint density at radius 1 is 1.05 bits per heavy atom. The molecular formula is C12H10N2O4S3. The minimum atomic E-state index is -3.67. The van der Waals surface area contributed by atoms with Gasteiger partial charge in [0, 0.05) is 17.4 Å². The smallest absolute Gasteiger partial charge is 0.185 e. The second-order valence-corrected chi connectivity index (χ2v) is 8.94. The highest BCUT2D eigenvalue weighted by Crippen LogP contribution is 2.24. The molecule has 0 saturated heterocycles. The van der Waals surface area contributed by atoms with Crippen LogP contribution in [0.1, 0.15) is 10.4 Å². The highest BCUT2D eigenvalue weighted by atomic mass is 32.2. The SMILES string of the molecule is CS(=O)(=O)C(C#N)=Cc1ccsc1C=C(C#N)S(C)(=O)=O. The third-order valence-corrected chi connectivity index (χ3v) is 5.19. The second-order valence-electron chi connectivity index (χ2n) is 4.03. The molecule has 0 saturated carbocycles. The predicted molar refractivity (Wildman–Crippen MR) is 81.2 cm³/mol. The van der Waals surface area contributed by atoms with Crippen molar-refractivity contribution in [3.05, 3.63) is 31.7 Å². The van der Waals surface area contributed by atoms with Crippen molar-refractivity contribution in [2.24, 2.45) is 0 Å². The number of rotatable bonds is 4. The van der Waals surface area contributed by atoms with Gasteiger partial charge in [0.25, 0.3) is 0 Å². The van der Waals surface area contributed by atoms with Crippen molar-refractivity contribution in [2.45, 2.75) is 0 Å². The molecule has 0 bridgehead atoms. The maximum atomic E-state index is 11.4. The van der Waals surface area contributed by atoms with Gasteiger partial charge < -0.3 is 0 Å². The minimum Gasteiger partial charge on any atom is -0.223 e. The molecule has 21 heavy (non-hydrogen) atoms. The van der Waals surface area contributed by atoms with Gasteiger partial charge in [-0.3, -0.25) is 0 Å². The van der Waals surface area contributed by atoms with Gasteiger partial charge in [0.1, 0.15) is 21.9 Å². The Kier molecular flexibility index (Phi) is 5.07. The first-order valence-corrected chi connectivity index (χ1v) is 9.97. The summed E-state index contributed by atoms with van der Waals surface area (Å²) in [5, 5.41) is 19.3. The summed E-state index contributed by atoms with van der Waals surface area (Å²) in [6.07, 6.45) is 4.11. The van der Waals surface area contributed by atoms with Crippen molar-refractivity contribution in [3.63, 3.8) is 0 Å². The number of nitrogens with zero attached hydrogens (tertiary/aromatic N) is 2. The number of hydrogen-bond acceptors (Lipinski definition) is 7. The van der Waals surface area contributed by atoms with Crippen LogP contribution in [0.5, 0.6) is 0 Å². The van der Waals surface area contributed by atoms with E-state index in [-0.39, 0.29) is 0 Å². The summed E-state index contributed by atoms with van der Waals surface area (Å²) in [6, 6.07) is 4.70. The van der Waals surface area contributed by atoms with Crippen LogP contribution in [-0.2, 0) is 19.7 Å². The van der Waals surface area contributed by atoms with Crippen LogP contribution in [0.3, 0.4) is 0 Å². The lowest BCUT2D eigenvalue weighted by Gasteiger charge is -1.97. The molecule has 0 fully saturated rings. The molecule has 0 aliphatic rings. The zero-order valence-electron chi connectivity index (χ0n) is 11.1. The maximum absolute atomic E-state index is 11.4. The zero-order chi connectivity index (χ0) is 16.3. The average Bonchev–Trinajstić information content (AvgIpc) is 2.77. The van der Waals surface area contributed by atoms with Crippen LogP contribution in [0.15, 0.2) is 21.3 Å². The topological polar surface area (TPSA) is 116 Å². The van der Waals surface area contributed by atoms with Gasteiger partial charge in [-0.15, -0.1) is 11.3 Å². The highest BCUT2D eigenvalue weighted by molar-refractivity contribution is 7.95. The van der Waals surface area contributed by atoms with Crippen LogP contribution < -0.4 is 0 Å². The van der Waals surface area contributed by atoms with Crippen molar-refractivity contribution in [3.8, 4) is 12.1 Å². The summed E-state index contributed by atoms with van der Waals surface area (Å²) >= 11 is 1.13. The summed E-state index contributed by atoms with van der Waals surface area (Å²) in [6.45, 7) is 0. The molecule has 0 radical (unpaired) electrons. The quantitative estimate of drug-likeness (QED) is 0.767. The molecule has 0 aliphatic heterocycles. The lowest BCUT2D eigenvalue weighted by atomic mass is 10.2. The Hall–Kier alpha value is -1.94. The van der Waals surface area contributed by atoms with Crippen molar-refractivity contribution < 1.29 is 16.8 Å². The molecule has 0 N–H and O–H groups in total. The van der Waals surface area contributed by atoms with Gasteiger partial charge in [0.05, 0.1) is 0 Å². The normalized spacial score (nSPS) is 13.5. The van der Waals surface area contributed by atoms with E-state index in [1.807, 2.05) is 0 Å². The van der Waals surface area contributed by atoms with E-state index in [1.165, 1.54) is 6.07 Å². The Balaban J connectivity index is 3.47. The van der Waals surface area contributed by atoms with Gasteiger partial charge in [-0.25, -0.2) is 16.8 Å². The Morgan fingerprint density at radius 2 is 1.52 bits per heavy atom. The minimum absolute atomic E-state index is 0.360. The number of hydrogen-bond donors (Lipinski definition) is 0. The van der Waals surface area contributed by atoms with Gasteiger partial charge in [0.15, 0.2) is 19.7 Å². The number of thiophene rings is 1. The summed E-state index contributed by atoms with van der Waals surface area (Å²) in [7, 11) is -7.34. The fourth-order valence-corrected chi connectivity index (χ4v) is 3.16. The predicted octanol–water partition coefficient (Wildman–Crippen LogP) is 1.57. The van der Waals surface area contributed by atoms with Crippen molar-refractivity contribution in [1.29, 1.82) is 10.5 Å². The molecule has 9 heteroatoms. The standard InChI is InChI=1S/C12H10N2O4S3/c1-20(15,16)10(7-13)5-9-3-4-19-12(9)6-11(8-14)21(2,17)18/h3-6H,1-2H3. The number of allylic oxidation sites excluding steroid dienone is 2. The molecule has 110 valence electrons. The van der Waals surface area contributed by atoms with E-state index in [0.29, 0.717) is 10.4 Å². The van der Waals surface area contributed by atoms with Gasteiger partial charge in [0.2, 0.25) is 0 Å². The molecule has 0 amide bonds. The molecule has 0 aliphatic carbocycles. The van der Waals surface area contributed by atoms with Crippen molar-refractivity contribution in [1.82, 2.24) is 0 Å². The summed E-state index contributed by atoms with van der Waals surface area (Å²) in [5.41, 5.74) is 0.360. The van der Waals surface area contributed by atoms with E-state index in [4.69, 9.17) is 10.5 Å². The summed E-state index contributed by atoms with van der Waals surface area (Å²) < 4.78 is 45.5. The molecular weight excluding hydrogens is 332 g/mol. The van der Waals surface area contributed by atoms with Gasteiger partial charge >= 0.3 is 0 Å². The lowest BCUT2D eigenvalue weighted by molar-refractivity contribution is 0.607. The molecule has 0 unspecified atom stereocenters. The largest absolute Gasteiger partial charge is 0.223 e. The Morgan fingerprint density at radius 3 is 1.95 bits per heavy atom. The second kappa shape index (κ2) is 6.22. The van der Waals surface area contributed by atoms with Crippen LogP contribution in [0, 0.1) is 22.7 Å². The van der Waals surface area contributed by atoms with E-state index < -0.39 is 29.5 Å². The first kappa shape index (κ1) is 17.1. The lowest BCUT2D eigenvalue weighted by Crippen LogP contribution is -1.99. The van der Waals surface area contributed by atoms with Crippen LogP contribution >= 0.6 is 11.3 Å². The first-order chi connectivity index (χ1) is 9.59. The molecule has 0 aromatic carbocycles. The first-order valence-electron chi connectivity index (χ1n) is 5.31. The van der Waals surface area contributed by atoms with E-state index in [9.17, 15) is 16.8 Å². The maximum Gasteiger partial charge on any atom is 0.185 e. The fraction of sp³-hybridized carbons (Fsp3) is 0.167. The van der Waals surface area contributed by atoms with Gasteiger partial charge in [-0.2, -0.15) is 10.5 Å². The molecule has 6 nitrogen and oxygen atoms in total. The fourth-order valence-electron chi connectivity index (χ4n) is 1.27. The number of nitriles is 2. The molecule has 1 rings (SSSR count). The van der Waals surface area contributed by atoms with E-state index in [2.05, 4.69) is 0 Å². The molecule has 1 aromatic rings. The monoisotopic (exact) mass is 342 g/mol. The van der Waals surface area contributed by atoms with Crippen LogP contribution in [0.2, 0.25) is 0 Å². The number of sulfone groups is 2. The average molecular weight is 342 g/mol. The van der Waals surface area contributed by atoms with Gasteiger partial charge in [-0.05, 0) is 29.2 Å². The molecule has 1 aromatic heterocycles. The van der Waals surface area contributed by atoms with Crippen LogP contribution in [-0.4, -0.2) is 29.3 Å².